The first kappa shape index (κ1) is 18.8. The van der Waals surface area contributed by atoms with Gasteiger partial charge in [0.25, 0.3) is 0 Å². The minimum atomic E-state index is 0.612. The van der Waals surface area contributed by atoms with Gasteiger partial charge in [-0.05, 0) is 35.7 Å². The zero-order chi connectivity index (χ0) is 18.9. The molecule has 1 aromatic carbocycles. The molecule has 0 amide bonds. The summed E-state index contributed by atoms with van der Waals surface area (Å²) in [6.45, 7) is 1.32. The zero-order valence-corrected chi connectivity index (χ0v) is 16.2. The summed E-state index contributed by atoms with van der Waals surface area (Å²) < 4.78 is 16.0. The Hall–Kier alpha value is -2.93. The number of aliphatic imine (C=N–C) groups is 1. The van der Waals surface area contributed by atoms with Crippen molar-refractivity contribution in [1.82, 2.24) is 5.32 Å². The van der Waals surface area contributed by atoms with Gasteiger partial charge in [-0.3, -0.25) is 0 Å². The van der Waals surface area contributed by atoms with Gasteiger partial charge in [-0.15, -0.1) is 11.3 Å². The van der Waals surface area contributed by atoms with Gasteiger partial charge in [0.1, 0.15) is 5.76 Å². The van der Waals surface area contributed by atoms with Crippen molar-refractivity contribution in [2.24, 2.45) is 4.99 Å². The summed E-state index contributed by atoms with van der Waals surface area (Å²) in [6, 6.07) is 13.6. The number of guanidine groups is 1. The number of rotatable bonds is 8. The highest BCUT2D eigenvalue weighted by molar-refractivity contribution is 7.09. The van der Waals surface area contributed by atoms with Crippen LogP contribution in [0, 0.1) is 0 Å². The molecular weight excluding hydrogens is 362 g/mol. The lowest BCUT2D eigenvalue weighted by Crippen LogP contribution is -2.32. The van der Waals surface area contributed by atoms with E-state index in [9.17, 15) is 0 Å². The van der Waals surface area contributed by atoms with Gasteiger partial charge in [0.15, 0.2) is 17.5 Å². The van der Waals surface area contributed by atoms with Crippen LogP contribution >= 0.6 is 11.3 Å². The van der Waals surface area contributed by atoms with E-state index in [-0.39, 0.29) is 0 Å². The number of thiophene rings is 1. The molecule has 0 aliphatic heterocycles. The predicted molar refractivity (Wildman–Crippen MR) is 109 cm³/mol. The molecule has 3 rings (SSSR count). The normalized spacial score (nSPS) is 11.3. The lowest BCUT2D eigenvalue weighted by atomic mass is 10.2. The van der Waals surface area contributed by atoms with Gasteiger partial charge in [-0.1, -0.05) is 6.07 Å². The Labute approximate surface area is 162 Å². The molecule has 6 nitrogen and oxygen atoms in total. The van der Waals surface area contributed by atoms with E-state index >= 15 is 0 Å². The van der Waals surface area contributed by atoms with E-state index in [1.807, 2.05) is 36.4 Å². The van der Waals surface area contributed by atoms with Crippen molar-refractivity contribution in [2.45, 2.75) is 13.0 Å². The molecule has 0 spiro atoms. The monoisotopic (exact) mass is 385 g/mol. The fourth-order valence-corrected chi connectivity index (χ4v) is 3.14. The molecule has 0 saturated carbocycles. The molecule has 2 heterocycles. The number of benzene rings is 1. The Morgan fingerprint density at radius 2 is 2.00 bits per heavy atom. The first-order valence-corrected chi connectivity index (χ1v) is 9.48. The Kier molecular flexibility index (Phi) is 6.76. The Bertz CT molecular complexity index is 846. The molecule has 0 atom stereocenters. The standard InChI is InChI=1S/C20H23N3O3S/c1-24-18-8-7-15(13-19(18)25-2)23-20(22-14-17-6-4-12-27-17)21-10-9-16-5-3-11-26-16/h3-8,11-13H,9-10,14H2,1-2H3,(H2,21,22,23). The third-order valence-corrected chi connectivity index (χ3v) is 4.72. The molecule has 0 unspecified atom stereocenters. The van der Waals surface area contributed by atoms with Crippen LogP contribution in [0.2, 0.25) is 0 Å². The second-order valence-electron chi connectivity index (χ2n) is 5.70. The van der Waals surface area contributed by atoms with Crippen LogP contribution in [-0.4, -0.2) is 26.7 Å². The molecule has 0 bridgehead atoms. The number of hydrogen-bond donors (Lipinski definition) is 2. The van der Waals surface area contributed by atoms with E-state index in [0.29, 0.717) is 30.5 Å². The summed E-state index contributed by atoms with van der Waals surface area (Å²) in [6.07, 6.45) is 2.46. The highest BCUT2D eigenvalue weighted by Gasteiger charge is 2.07. The molecule has 0 aliphatic carbocycles. The van der Waals surface area contributed by atoms with Crippen molar-refractivity contribution in [1.29, 1.82) is 0 Å². The highest BCUT2D eigenvalue weighted by Crippen LogP contribution is 2.29. The Morgan fingerprint density at radius 3 is 2.70 bits per heavy atom. The average molecular weight is 385 g/mol. The molecule has 3 aromatic rings. The van der Waals surface area contributed by atoms with Gasteiger partial charge >= 0.3 is 0 Å². The minimum Gasteiger partial charge on any atom is -0.493 e. The Morgan fingerprint density at radius 1 is 1.11 bits per heavy atom. The zero-order valence-electron chi connectivity index (χ0n) is 15.4. The van der Waals surface area contributed by atoms with E-state index in [4.69, 9.17) is 13.9 Å². The quantitative estimate of drug-likeness (QED) is 0.450. The first-order valence-electron chi connectivity index (χ1n) is 8.60. The van der Waals surface area contributed by atoms with Crippen LogP contribution < -0.4 is 20.1 Å². The smallest absolute Gasteiger partial charge is 0.196 e. The fraction of sp³-hybridized carbons (Fsp3) is 0.250. The summed E-state index contributed by atoms with van der Waals surface area (Å²) in [5.41, 5.74) is 0.864. The number of anilines is 1. The second-order valence-corrected chi connectivity index (χ2v) is 6.73. The third kappa shape index (κ3) is 5.52. The van der Waals surface area contributed by atoms with Crippen molar-refractivity contribution in [3.8, 4) is 11.5 Å². The van der Waals surface area contributed by atoms with E-state index in [0.717, 1.165) is 17.9 Å². The maximum atomic E-state index is 5.38. The number of methoxy groups -OCH3 is 2. The summed E-state index contributed by atoms with van der Waals surface area (Å²) in [5.74, 6) is 2.98. The summed E-state index contributed by atoms with van der Waals surface area (Å²) in [7, 11) is 3.24. The van der Waals surface area contributed by atoms with E-state index < -0.39 is 0 Å². The second kappa shape index (κ2) is 9.68. The number of furan rings is 1. The van der Waals surface area contributed by atoms with Crippen LogP contribution in [0.1, 0.15) is 10.6 Å². The summed E-state index contributed by atoms with van der Waals surface area (Å²) >= 11 is 1.69. The van der Waals surface area contributed by atoms with Gasteiger partial charge in [-0.2, -0.15) is 0 Å². The van der Waals surface area contributed by atoms with E-state index in [1.165, 1.54) is 4.88 Å². The predicted octanol–water partition coefficient (Wildman–Crippen LogP) is 4.16. The Balaban J connectivity index is 1.69. The lowest BCUT2D eigenvalue weighted by molar-refractivity contribution is 0.355. The van der Waals surface area contributed by atoms with Crippen molar-refractivity contribution < 1.29 is 13.9 Å². The van der Waals surface area contributed by atoms with Crippen molar-refractivity contribution in [3.63, 3.8) is 0 Å². The molecule has 142 valence electrons. The molecule has 0 radical (unpaired) electrons. The minimum absolute atomic E-state index is 0.612. The number of nitrogens with zero attached hydrogens (tertiary/aromatic N) is 1. The van der Waals surface area contributed by atoms with E-state index in [1.54, 1.807) is 31.8 Å². The van der Waals surface area contributed by atoms with Gasteiger partial charge < -0.3 is 24.5 Å². The molecular formula is C20H23N3O3S. The number of nitrogens with one attached hydrogen (secondary N) is 2. The molecule has 0 fully saturated rings. The van der Waals surface area contributed by atoms with Crippen LogP contribution in [0.3, 0.4) is 0 Å². The molecule has 0 aliphatic rings. The van der Waals surface area contributed by atoms with Crippen LogP contribution in [0.25, 0.3) is 0 Å². The van der Waals surface area contributed by atoms with Crippen LogP contribution in [0.15, 0.2) is 63.5 Å². The van der Waals surface area contributed by atoms with Crippen molar-refractivity contribution in [3.05, 3.63) is 64.7 Å². The van der Waals surface area contributed by atoms with E-state index in [2.05, 4.69) is 27.1 Å². The van der Waals surface area contributed by atoms with Gasteiger partial charge in [0.05, 0.1) is 27.0 Å². The number of ether oxygens (including phenoxy) is 2. The number of hydrogen-bond acceptors (Lipinski definition) is 5. The van der Waals surface area contributed by atoms with Crippen LogP contribution in [-0.2, 0) is 13.0 Å². The van der Waals surface area contributed by atoms with Gasteiger partial charge in [0, 0.05) is 29.6 Å². The molecule has 2 N–H and O–H groups in total. The molecule has 7 heteroatoms. The van der Waals surface area contributed by atoms with Crippen molar-refractivity contribution in [2.75, 3.05) is 26.1 Å². The summed E-state index contributed by atoms with van der Waals surface area (Å²) in [5, 5.41) is 8.72. The molecule has 2 aromatic heterocycles. The fourth-order valence-electron chi connectivity index (χ4n) is 2.51. The average Bonchev–Trinajstić information content (AvgIpc) is 3.40. The topological polar surface area (TPSA) is 68.0 Å². The van der Waals surface area contributed by atoms with Crippen LogP contribution in [0.4, 0.5) is 5.69 Å². The SMILES string of the molecule is COc1ccc(NC(=NCc2cccs2)NCCc2ccco2)cc1OC. The maximum absolute atomic E-state index is 5.38. The third-order valence-electron chi connectivity index (χ3n) is 3.86. The van der Waals surface area contributed by atoms with Gasteiger partial charge in [0.2, 0.25) is 0 Å². The summed E-state index contributed by atoms with van der Waals surface area (Å²) in [4.78, 5) is 5.88. The lowest BCUT2D eigenvalue weighted by Gasteiger charge is -2.14. The largest absolute Gasteiger partial charge is 0.493 e. The first-order chi connectivity index (χ1) is 13.3. The van der Waals surface area contributed by atoms with Gasteiger partial charge in [-0.25, -0.2) is 4.99 Å². The van der Waals surface area contributed by atoms with Crippen molar-refractivity contribution >= 4 is 23.0 Å². The molecule has 27 heavy (non-hydrogen) atoms. The molecule has 0 saturated heterocycles. The maximum Gasteiger partial charge on any atom is 0.196 e. The highest BCUT2D eigenvalue weighted by atomic mass is 32.1. The van der Waals surface area contributed by atoms with Crippen LogP contribution in [0.5, 0.6) is 11.5 Å².